The van der Waals surface area contributed by atoms with Crippen LogP contribution in [0.2, 0.25) is 0 Å². The van der Waals surface area contributed by atoms with E-state index in [1.165, 1.54) is 35.2 Å². The highest BCUT2D eigenvalue weighted by Gasteiger charge is 2.33. The zero-order valence-corrected chi connectivity index (χ0v) is 26.3. The average molecular weight is 639 g/mol. The SMILES string of the molecule is COc1ccc(C2=NN(C(=O)CSc3nnc(CNC(=O)c4ccco4)n3-c3cccc(C)c3C)[C@H](c3ccc(F)cc3)C2)cc1. The predicted octanol–water partition coefficient (Wildman–Crippen LogP) is 6.02. The highest BCUT2D eigenvalue weighted by atomic mass is 32.2. The first kappa shape index (κ1) is 30.8. The van der Waals surface area contributed by atoms with Crippen LogP contribution in [0, 0.1) is 19.7 Å². The van der Waals surface area contributed by atoms with E-state index in [1.807, 2.05) is 60.9 Å². The zero-order chi connectivity index (χ0) is 32.2. The first-order chi connectivity index (χ1) is 22.3. The van der Waals surface area contributed by atoms with Crippen molar-refractivity contribution in [2.75, 3.05) is 12.9 Å². The number of methoxy groups -OCH3 is 1. The van der Waals surface area contributed by atoms with Gasteiger partial charge in [-0.25, -0.2) is 9.40 Å². The monoisotopic (exact) mass is 638 g/mol. The van der Waals surface area contributed by atoms with E-state index in [0.29, 0.717) is 17.4 Å². The molecule has 5 aromatic rings. The lowest BCUT2D eigenvalue weighted by Crippen LogP contribution is -2.28. The van der Waals surface area contributed by atoms with Crippen LogP contribution in [0.25, 0.3) is 5.69 Å². The van der Waals surface area contributed by atoms with Crippen LogP contribution in [-0.4, -0.2) is 50.2 Å². The predicted molar refractivity (Wildman–Crippen MR) is 172 cm³/mol. The molecular weight excluding hydrogens is 607 g/mol. The van der Waals surface area contributed by atoms with Gasteiger partial charge in [-0.05, 0) is 90.7 Å². The van der Waals surface area contributed by atoms with Gasteiger partial charge in [-0.1, -0.05) is 36.0 Å². The van der Waals surface area contributed by atoms with E-state index >= 15 is 0 Å². The van der Waals surface area contributed by atoms with Gasteiger partial charge in [0.25, 0.3) is 11.8 Å². The summed E-state index contributed by atoms with van der Waals surface area (Å²) in [6.45, 7) is 4.10. The van der Waals surface area contributed by atoms with Gasteiger partial charge in [0.2, 0.25) is 0 Å². The van der Waals surface area contributed by atoms with Crippen molar-refractivity contribution >= 4 is 29.3 Å². The maximum atomic E-state index is 13.8. The molecule has 1 aliphatic heterocycles. The molecule has 12 heteroatoms. The summed E-state index contributed by atoms with van der Waals surface area (Å²) in [5.74, 6) is 0.437. The van der Waals surface area contributed by atoms with Crippen LogP contribution in [0.4, 0.5) is 4.39 Å². The number of nitrogens with zero attached hydrogens (tertiary/aromatic N) is 5. The second kappa shape index (κ2) is 13.4. The molecule has 0 saturated heterocycles. The Morgan fingerprint density at radius 1 is 1.02 bits per heavy atom. The highest BCUT2D eigenvalue weighted by Crippen LogP contribution is 2.35. The molecule has 2 aromatic heterocycles. The van der Waals surface area contributed by atoms with Gasteiger partial charge < -0.3 is 14.5 Å². The van der Waals surface area contributed by atoms with E-state index in [2.05, 4.69) is 15.5 Å². The van der Waals surface area contributed by atoms with Gasteiger partial charge in [-0.3, -0.25) is 14.2 Å². The van der Waals surface area contributed by atoms with Crippen LogP contribution >= 0.6 is 11.8 Å². The molecule has 46 heavy (non-hydrogen) atoms. The highest BCUT2D eigenvalue weighted by molar-refractivity contribution is 7.99. The van der Waals surface area contributed by atoms with E-state index in [9.17, 15) is 14.0 Å². The lowest BCUT2D eigenvalue weighted by Gasteiger charge is -2.22. The molecule has 3 aromatic carbocycles. The number of aromatic nitrogens is 3. The summed E-state index contributed by atoms with van der Waals surface area (Å²) in [5, 5.41) is 18.3. The van der Waals surface area contributed by atoms with Gasteiger partial charge in [0.15, 0.2) is 16.7 Å². The van der Waals surface area contributed by atoms with Crippen LogP contribution in [-0.2, 0) is 11.3 Å². The second-order valence-corrected chi connectivity index (χ2v) is 11.6. The minimum absolute atomic E-state index is 0.0127. The van der Waals surface area contributed by atoms with Gasteiger partial charge >= 0.3 is 0 Å². The molecule has 0 fully saturated rings. The van der Waals surface area contributed by atoms with Crippen LogP contribution in [0.15, 0.2) is 99.8 Å². The van der Waals surface area contributed by atoms with Crippen molar-refractivity contribution in [2.45, 2.75) is 38.0 Å². The molecule has 6 rings (SSSR count). The summed E-state index contributed by atoms with van der Waals surface area (Å²) >= 11 is 1.23. The van der Waals surface area contributed by atoms with Crippen LogP contribution < -0.4 is 10.1 Å². The molecule has 0 bridgehead atoms. The van der Waals surface area contributed by atoms with Crippen molar-refractivity contribution in [1.82, 2.24) is 25.1 Å². The number of nitrogens with one attached hydrogen (secondary N) is 1. The van der Waals surface area contributed by atoms with Gasteiger partial charge in [0.1, 0.15) is 11.6 Å². The lowest BCUT2D eigenvalue weighted by molar-refractivity contribution is -0.130. The number of rotatable bonds is 10. The van der Waals surface area contributed by atoms with Crippen molar-refractivity contribution in [3.05, 3.63) is 125 Å². The normalized spacial score (nSPS) is 14.3. The van der Waals surface area contributed by atoms with Crippen molar-refractivity contribution in [2.24, 2.45) is 5.10 Å². The number of ether oxygens (including phenoxy) is 1. The summed E-state index contributed by atoms with van der Waals surface area (Å²) in [6, 6.07) is 22.4. The van der Waals surface area contributed by atoms with Gasteiger partial charge in [0, 0.05) is 6.42 Å². The largest absolute Gasteiger partial charge is 0.497 e. The number of benzene rings is 3. The third-order valence-electron chi connectivity index (χ3n) is 7.84. The minimum atomic E-state index is -0.407. The fourth-order valence-electron chi connectivity index (χ4n) is 5.22. The minimum Gasteiger partial charge on any atom is -0.497 e. The average Bonchev–Trinajstić information content (AvgIpc) is 3.85. The number of halogens is 1. The van der Waals surface area contributed by atoms with E-state index < -0.39 is 6.04 Å². The Bertz CT molecular complexity index is 1890. The summed E-state index contributed by atoms with van der Waals surface area (Å²) < 4.78 is 26.1. The lowest BCUT2D eigenvalue weighted by atomic mass is 9.98. The number of furan rings is 1. The number of carbonyl (C=O) groups is 2. The maximum Gasteiger partial charge on any atom is 0.287 e. The van der Waals surface area contributed by atoms with E-state index in [0.717, 1.165) is 39.4 Å². The molecule has 0 spiro atoms. The molecule has 0 unspecified atom stereocenters. The molecule has 1 N–H and O–H groups in total. The zero-order valence-electron chi connectivity index (χ0n) is 25.4. The van der Waals surface area contributed by atoms with Crippen molar-refractivity contribution in [1.29, 1.82) is 0 Å². The Kier molecular flexibility index (Phi) is 8.97. The van der Waals surface area contributed by atoms with E-state index in [-0.39, 0.29) is 35.7 Å². The van der Waals surface area contributed by atoms with Crippen LogP contribution in [0.3, 0.4) is 0 Å². The quantitative estimate of drug-likeness (QED) is 0.186. The van der Waals surface area contributed by atoms with Crippen LogP contribution in [0.5, 0.6) is 5.75 Å². The fourth-order valence-corrected chi connectivity index (χ4v) is 6.03. The summed E-state index contributed by atoms with van der Waals surface area (Å²) in [6.07, 6.45) is 1.90. The maximum absolute atomic E-state index is 13.8. The van der Waals surface area contributed by atoms with Gasteiger partial charge in [0.05, 0.1) is 43.1 Å². The molecule has 3 heterocycles. The third kappa shape index (κ3) is 6.43. The molecule has 0 saturated carbocycles. The summed E-state index contributed by atoms with van der Waals surface area (Å²) in [4.78, 5) is 26.4. The molecule has 1 aliphatic rings. The first-order valence-corrected chi connectivity index (χ1v) is 15.6. The number of amides is 2. The summed E-state index contributed by atoms with van der Waals surface area (Å²) in [7, 11) is 1.60. The number of hydrazone groups is 1. The Morgan fingerprint density at radius 3 is 2.52 bits per heavy atom. The van der Waals surface area contributed by atoms with Gasteiger partial charge in [-0.15, -0.1) is 10.2 Å². The Hall–Kier alpha value is -5.23. The van der Waals surface area contributed by atoms with Crippen molar-refractivity contribution in [3.8, 4) is 11.4 Å². The number of thioether (sulfide) groups is 1. The molecule has 10 nitrogen and oxygen atoms in total. The first-order valence-electron chi connectivity index (χ1n) is 14.6. The van der Waals surface area contributed by atoms with Crippen LogP contribution in [0.1, 0.15) is 51.1 Å². The molecular formula is C34H31FN6O4S. The van der Waals surface area contributed by atoms with Crippen molar-refractivity contribution < 1.29 is 23.1 Å². The number of aryl methyl sites for hydroxylation is 1. The van der Waals surface area contributed by atoms with Gasteiger partial charge in [-0.2, -0.15) is 5.10 Å². The molecule has 0 aliphatic carbocycles. The number of carbonyl (C=O) groups excluding carboxylic acids is 2. The summed E-state index contributed by atoms with van der Waals surface area (Å²) in [5.41, 5.74) is 5.31. The Balaban J connectivity index is 1.27. The standard InChI is InChI=1S/C34H31FN6O4S/c1-21-6-4-7-28(22(21)2)40-31(19-36-33(43)30-8-5-17-45-30)37-38-34(40)46-20-32(42)41-29(24-9-13-25(35)14-10-24)18-27(39-41)23-11-15-26(44-3)16-12-23/h4-17,29H,18-20H2,1-3H3,(H,36,43)/t29-/m0/s1. The van der Waals surface area contributed by atoms with E-state index in [1.54, 1.807) is 31.4 Å². The fraction of sp³-hybridized carbons (Fsp3) is 0.206. The number of hydrogen-bond donors (Lipinski definition) is 1. The third-order valence-corrected chi connectivity index (χ3v) is 8.75. The molecule has 2 amide bonds. The Labute approximate surface area is 269 Å². The number of hydrogen-bond acceptors (Lipinski definition) is 8. The van der Waals surface area contributed by atoms with E-state index in [4.69, 9.17) is 14.3 Å². The Morgan fingerprint density at radius 2 is 1.80 bits per heavy atom. The molecule has 1 atom stereocenters. The smallest absolute Gasteiger partial charge is 0.287 e. The second-order valence-electron chi connectivity index (χ2n) is 10.7. The van der Waals surface area contributed by atoms with Crippen molar-refractivity contribution in [3.63, 3.8) is 0 Å². The molecule has 234 valence electrons. The topological polar surface area (TPSA) is 115 Å². The molecule has 0 radical (unpaired) electrons.